The number of hydrogen-bond acceptors (Lipinski definition) is 3. The fourth-order valence-electron chi connectivity index (χ4n) is 2.06. The molecule has 2 rings (SSSR count). The number of hydrogen-bond donors (Lipinski definition) is 1. The molecule has 0 saturated heterocycles. The van der Waals surface area contributed by atoms with E-state index in [4.69, 9.17) is 0 Å². The first kappa shape index (κ1) is 11.6. The SMILES string of the molecule is Cc1nc(C(=O)NC2CCCCC2)sc1C. The summed E-state index contributed by atoms with van der Waals surface area (Å²) in [5.74, 6) is 0.00750. The molecule has 0 bridgehead atoms. The van der Waals surface area contributed by atoms with Crippen LogP contribution in [0.15, 0.2) is 0 Å². The van der Waals surface area contributed by atoms with E-state index in [1.165, 1.54) is 30.6 Å². The highest BCUT2D eigenvalue weighted by molar-refractivity contribution is 7.13. The topological polar surface area (TPSA) is 42.0 Å². The van der Waals surface area contributed by atoms with Gasteiger partial charge >= 0.3 is 0 Å². The first-order valence-corrected chi connectivity index (χ1v) is 6.73. The second-order valence-electron chi connectivity index (χ2n) is 4.47. The minimum absolute atomic E-state index is 0.00750. The summed E-state index contributed by atoms with van der Waals surface area (Å²) in [4.78, 5) is 17.3. The Morgan fingerprint density at radius 2 is 2.00 bits per heavy atom. The summed E-state index contributed by atoms with van der Waals surface area (Å²) in [6, 6.07) is 0.366. The molecule has 3 nitrogen and oxygen atoms in total. The Hall–Kier alpha value is -0.900. The van der Waals surface area contributed by atoms with Crippen LogP contribution < -0.4 is 5.32 Å². The number of amides is 1. The Morgan fingerprint density at radius 1 is 1.31 bits per heavy atom. The Morgan fingerprint density at radius 3 is 2.56 bits per heavy atom. The molecule has 16 heavy (non-hydrogen) atoms. The molecule has 0 aromatic carbocycles. The summed E-state index contributed by atoms with van der Waals surface area (Å²) in [5, 5.41) is 3.70. The highest BCUT2D eigenvalue weighted by Crippen LogP contribution is 2.20. The third-order valence-corrected chi connectivity index (χ3v) is 4.23. The third-order valence-electron chi connectivity index (χ3n) is 3.16. The molecule has 1 aromatic rings. The van der Waals surface area contributed by atoms with Gasteiger partial charge in [-0.05, 0) is 26.7 Å². The van der Waals surface area contributed by atoms with Gasteiger partial charge < -0.3 is 5.32 Å². The monoisotopic (exact) mass is 238 g/mol. The van der Waals surface area contributed by atoms with Crippen LogP contribution in [-0.2, 0) is 0 Å². The van der Waals surface area contributed by atoms with Crippen molar-refractivity contribution in [3.8, 4) is 0 Å². The Labute approximate surface area is 100 Å². The molecular weight excluding hydrogens is 220 g/mol. The molecule has 0 aliphatic heterocycles. The molecule has 1 N–H and O–H groups in total. The number of aryl methyl sites for hydroxylation is 2. The van der Waals surface area contributed by atoms with Crippen LogP contribution in [0.25, 0.3) is 0 Å². The van der Waals surface area contributed by atoms with Crippen molar-refractivity contribution in [1.82, 2.24) is 10.3 Å². The quantitative estimate of drug-likeness (QED) is 0.861. The van der Waals surface area contributed by atoms with Crippen LogP contribution in [0.1, 0.15) is 52.5 Å². The predicted molar refractivity (Wildman–Crippen MR) is 65.9 cm³/mol. The number of carbonyl (C=O) groups excluding carboxylic acids is 1. The van der Waals surface area contributed by atoms with Gasteiger partial charge in [-0.25, -0.2) is 4.98 Å². The zero-order valence-electron chi connectivity index (χ0n) is 9.88. The van der Waals surface area contributed by atoms with Crippen molar-refractivity contribution < 1.29 is 4.79 Å². The zero-order chi connectivity index (χ0) is 11.5. The van der Waals surface area contributed by atoms with Crippen molar-refractivity contribution in [2.75, 3.05) is 0 Å². The number of rotatable bonds is 2. The van der Waals surface area contributed by atoms with Crippen molar-refractivity contribution in [2.45, 2.75) is 52.0 Å². The Kier molecular flexibility index (Phi) is 3.59. The van der Waals surface area contributed by atoms with Crippen LogP contribution in [-0.4, -0.2) is 16.9 Å². The summed E-state index contributed by atoms with van der Waals surface area (Å²) in [6.45, 7) is 3.95. The molecule has 0 unspecified atom stereocenters. The van der Waals surface area contributed by atoms with Gasteiger partial charge in [-0.1, -0.05) is 19.3 Å². The summed E-state index contributed by atoms with van der Waals surface area (Å²) in [6.07, 6.45) is 6.02. The van der Waals surface area contributed by atoms with Gasteiger partial charge in [0.05, 0.1) is 5.69 Å². The number of nitrogens with zero attached hydrogens (tertiary/aromatic N) is 1. The van der Waals surface area contributed by atoms with Gasteiger partial charge in [-0.3, -0.25) is 4.79 Å². The van der Waals surface area contributed by atoms with Gasteiger partial charge in [-0.15, -0.1) is 11.3 Å². The maximum Gasteiger partial charge on any atom is 0.280 e. The molecule has 88 valence electrons. The lowest BCUT2D eigenvalue weighted by molar-refractivity contribution is 0.0927. The molecule has 0 atom stereocenters. The van der Waals surface area contributed by atoms with E-state index in [0.29, 0.717) is 11.0 Å². The van der Waals surface area contributed by atoms with Gasteiger partial charge in [0.25, 0.3) is 5.91 Å². The lowest BCUT2D eigenvalue weighted by Crippen LogP contribution is -2.36. The molecule has 0 spiro atoms. The van der Waals surface area contributed by atoms with Crippen molar-refractivity contribution in [1.29, 1.82) is 0 Å². The zero-order valence-corrected chi connectivity index (χ0v) is 10.7. The van der Waals surface area contributed by atoms with Crippen LogP contribution in [0.2, 0.25) is 0 Å². The van der Waals surface area contributed by atoms with E-state index >= 15 is 0 Å². The van der Waals surface area contributed by atoms with Crippen molar-refractivity contribution in [3.63, 3.8) is 0 Å². The standard InChI is InChI=1S/C12H18N2OS/c1-8-9(2)16-12(13-8)11(15)14-10-6-4-3-5-7-10/h10H,3-7H2,1-2H3,(H,14,15). The maximum atomic E-state index is 11.9. The Balaban J connectivity index is 1.96. The highest BCUT2D eigenvalue weighted by atomic mass is 32.1. The largest absolute Gasteiger partial charge is 0.347 e. The minimum Gasteiger partial charge on any atom is -0.347 e. The normalized spacial score (nSPS) is 17.4. The second-order valence-corrected chi connectivity index (χ2v) is 5.67. The molecule has 1 aliphatic carbocycles. The van der Waals surface area contributed by atoms with Crippen molar-refractivity contribution in [2.24, 2.45) is 0 Å². The van der Waals surface area contributed by atoms with Crippen LogP contribution in [0.4, 0.5) is 0 Å². The van der Waals surface area contributed by atoms with Gasteiger partial charge in [-0.2, -0.15) is 0 Å². The minimum atomic E-state index is 0.00750. The summed E-state index contributed by atoms with van der Waals surface area (Å²) in [5.41, 5.74) is 0.971. The van der Waals surface area contributed by atoms with Crippen LogP contribution >= 0.6 is 11.3 Å². The second kappa shape index (κ2) is 4.95. The first-order valence-electron chi connectivity index (χ1n) is 5.91. The predicted octanol–water partition coefficient (Wildman–Crippen LogP) is 2.82. The molecule has 1 aromatic heterocycles. The van der Waals surface area contributed by atoms with Crippen LogP contribution in [0, 0.1) is 13.8 Å². The van der Waals surface area contributed by atoms with E-state index < -0.39 is 0 Å². The van der Waals surface area contributed by atoms with E-state index in [-0.39, 0.29) is 5.91 Å². The van der Waals surface area contributed by atoms with E-state index in [0.717, 1.165) is 23.4 Å². The number of thiazole rings is 1. The smallest absolute Gasteiger partial charge is 0.280 e. The Bertz CT molecular complexity index is 361. The summed E-state index contributed by atoms with van der Waals surface area (Å²) in [7, 11) is 0. The molecule has 1 heterocycles. The summed E-state index contributed by atoms with van der Waals surface area (Å²) >= 11 is 1.49. The third kappa shape index (κ3) is 2.61. The van der Waals surface area contributed by atoms with E-state index in [9.17, 15) is 4.79 Å². The lowest BCUT2D eigenvalue weighted by atomic mass is 9.95. The maximum absolute atomic E-state index is 11.9. The molecule has 4 heteroatoms. The van der Waals surface area contributed by atoms with Crippen molar-refractivity contribution >= 4 is 17.2 Å². The molecule has 0 radical (unpaired) electrons. The first-order chi connectivity index (χ1) is 7.66. The average Bonchev–Trinajstić information content (AvgIpc) is 2.61. The molecule has 1 aliphatic rings. The van der Waals surface area contributed by atoms with Crippen molar-refractivity contribution in [3.05, 3.63) is 15.6 Å². The van der Waals surface area contributed by atoms with Gasteiger partial charge in [0, 0.05) is 10.9 Å². The van der Waals surface area contributed by atoms with Crippen LogP contribution in [0.3, 0.4) is 0 Å². The van der Waals surface area contributed by atoms with Gasteiger partial charge in [0.1, 0.15) is 0 Å². The molecule has 1 fully saturated rings. The van der Waals surface area contributed by atoms with E-state index in [1.54, 1.807) is 0 Å². The molecule has 1 amide bonds. The number of aromatic nitrogens is 1. The summed E-state index contributed by atoms with van der Waals surface area (Å²) < 4.78 is 0. The average molecular weight is 238 g/mol. The number of carbonyl (C=O) groups is 1. The fraction of sp³-hybridized carbons (Fsp3) is 0.667. The molecule has 1 saturated carbocycles. The molecular formula is C12H18N2OS. The lowest BCUT2D eigenvalue weighted by Gasteiger charge is -2.22. The van der Waals surface area contributed by atoms with Gasteiger partial charge in [0.2, 0.25) is 0 Å². The van der Waals surface area contributed by atoms with Gasteiger partial charge in [0.15, 0.2) is 5.01 Å². The fourth-order valence-corrected chi connectivity index (χ4v) is 2.88. The van der Waals surface area contributed by atoms with E-state index in [2.05, 4.69) is 10.3 Å². The number of nitrogens with one attached hydrogen (secondary N) is 1. The van der Waals surface area contributed by atoms with E-state index in [1.807, 2.05) is 13.8 Å². The van der Waals surface area contributed by atoms with Crippen LogP contribution in [0.5, 0.6) is 0 Å². The highest BCUT2D eigenvalue weighted by Gasteiger charge is 2.18.